The maximum absolute atomic E-state index is 11.8. The van der Waals surface area contributed by atoms with Crippen LogP contribution in [0.3, 0.4) is 0 Å². The molecule has 2 rings (SSSR count). The van der Waals surface area contributed by atoms with Gasteiger partial charge in [-0.05, 0) is 25.1 Å². The third kappa shape index (κ3) is 2.45. The van der Waals surface area contributed by atoms with Gasteiger partial charge in [-0.25, -0.2) is 0 Å². The van der Waals surface area contributed by atoms with Gasteiger partial charge in [0.05, 0.1) is 17.8 Å². The Labute approximate surface area is 99.2 Å². The number of methoxy groups -OCH3 is 1. The van der Waals surface area contributed by atoms with Crippen molar-refractivity contribution < 1.29 is 9.53 Å². The second-order valence-corrected chi connectivity index (χ2v) is 3.82. The molecule has 0 bridgehead atoms. The first-order valence-electron chi connectivity index (χ1n) is 5.44. The summed E-state index contributed by atoms with van der Waals surface area (Å²) in [6.45, 7) is 2.93. The summed E-state index contributed by atoms with van der Waals surface area (Å²) in [6, 6.07) is 5.49. The zero-order valence-corrected chi connectivity index (χ0v) is 9.91. The van der Waals surface area contributed by atoms with Gasteiger partial charge in [-0.1, -0.05) is 0 Å². The van der Waals surface area contributed by atoms with Gasteiger partial charge in [-0.3, -0.25) is 9.89 Å². The van der Waals surface area contributed by atoms with Crippen molar-refractivity contribution in [1.82, 2.24) is 15.5 Å². The fourth-order valence-corrected chi connectivity index (χ4v) is 1.66. The van der Waals surface area contributed by atoms with E-state index in [1.807, 2.05) is 19.1 Å². The first-order chi connectivity index (χ1) is 8.22. The van der Waals surface area contributed by atoms with Crippen LogP contribution in [0.25, 0.3) is 10.9 Å². The van der Waals surface area contributed by atoms with Gasteiger partial charge in [-0.2, -0.15) is 5.10 Å². The lowest BCUT2D eigenvalue weighted by molar-refractivity contribution is 0.0937. The van der Waals surface area contributed by atoms with Crippen molar-refractivity contribution in [2.24, 2.45) is 0 Å². The largest absolute Gasteiger partial charge is 0.383 e. The van der Waals surface area contributed by atoms with Gasteiger partial charge >= 0.3 is 0 Å². The second kappa shape index (κ2) is 4.97. The molecule has 0 unspecified atom stereocenters. The van der Waals surface area contributed by atoms with Crippen molar-refractivity contribution in [2.75, 3.05) is 20.3 Å². The number of fused-ring (bicyclic) bond motifs is 1. The van der Waals surface area contributed by atoms with Crippen molar-refractivity contribution in [1.29, 1.82) is 0 Å². The van der Waals surface area contributed by atoms with Gasteiger partial charge in [0.25, 0.3) is 5.91 Å². The average Bonchev–Trinajstić information content (AvgIpc) is 2.71. The molecule has 0 saturated heterocycles. The minimum atomic E-state index is -0.0930. The Morgan fingerprint density at radius 3 is 3.12 bits per heavy atom. The Morgan fingerprint density at radius 2 is 2.35 bits per heavy atom. The maximum atomic E-state index is 11.8. The number of hydrogen-bond donors (Lipinski definition) is 2. The molecule has 5 nitrogen and oxygen atoms in total. The highest BCUT2D eigenvalue weighted by Crippen LogP contribution is 2.16. The number of carbonyl (C=O) groups is 1. The maximum Gasteiger partial charge on any atom is 0.251 e. The number of aromatic nitrogens is 2. The molecule has 2 N–H and O–H groups in total. The van der Waals surface area contributed by atoms with Crippen LogP contribution in [0.4, 0.5) is 0 Å². The number of hydrogen-bond acceptors (Lipinski definition) is 3. The van der Waals surface area contributed by atoms with Crippen molar-refractivity contribution in [3.05, 3.63) is 29.5 Å². The van der Waals surface area contributed by atoms with E-state index in [-0.39, 0.29) is 5.91 Å². The SMILES string of the molecule is COCCNC(=O)c1ccc2[nH]nc(C)c2c1. The first-order valence-corrected chi connectivity index (χ1v) is 5.44. The molecule has 1 aromatic heterocycles. The summed E-state index contributed by atoms with van der Waals surface area (Å²) in [4.78, 5) is 11.8. The fourth-order valence-electron chi connectivity index (χ4n) is 1.66. The second-order valence-electron chi connectivity index (χ2n) is 3.82. The normalized spacial score (nSPS) is 10.7. The van der Waals surface area contributed by atoms with E-state index in [1.165, 1.54) is 0 Å². The van der Waals surface area contributed by atoms with E-state index in [0.29, 0.717) is 18.7 Å². The Bertz CT molecular complexity index is 534. The zero-order chi connectivity index (χ0) is 12.3. The summed E-state index contributed by atoms with van der Waals surface area (Å²) >= 11 is 0. The molecule has 90 valence electrons. The molecule has 0 aliphatic rings. The summed E-state index contributed by atoms with van der Waals surface area (Å²) in [5, 5.41) is 10.8. The molecule has 0 spiro atoms. The highest BCUT2D eigenvalue weighted by Gasteiger charge is 2.08. The van der Waals surface area contributed by atoms with E-state index in [9.17, 15) is 4.79 Å². The number of nitrogens with one attached hydrogen (secondary N) is 2. The smallest absolute Gasteiger partial charge is 0.251 e. The van der Waals surface area contributed by atoms with Crippen molar-refractivity contribution in [2.45, 2.75) is 6.92 Å². The molecule has 1 amide bonds. The molecule has 1 heterocycles. The molecular formula is C12H15N3O2. The topological polar surface area (TPSA) is 67.0 Å². The quantitative estimate of drug-likeness (QED) is 0.781. The molecule has 0 aliphatic heterocycles. The van der Waals surface area contributed by atoms with E-state index >= 15 is 0 Å². The summed E-state index contributed by atoms with van der Waals surface area (Å²) in [5.74, 6) is -0.0930. The summed E-state index contributed by atoms with van der Waals surface area (Å²) in [5.41, 5.74) is 2.47. The van der Waals surface area contributed by atoms with Crippen LogP contribution in [-0.2, 0) is 4.74 Å². The van der Waals surface area contributed by atoms with Gasteiger partial charge in [0.2, 0.25) is 0 Å². The van der Waals surface area contributed by atoms with E-state index in [2.05, 4.69) is 15.5 Å². The Morgan fingerprint density at radius 1 is 1.53 bits per heavy atom. The fraction of sp³-hybridized carbons (Fsp3) is 0.333. The van der Waals surface area contributed by atoms with Crippen LogP contribution in [0.5, 0.6) is 0 Å². The van der Waals surface area contributed by atoms with Crippen molar-refractivity contribution in [3.8, 4) is 0 Å². The van der Waals surface area contributed by atoms with E-state index in [0.717, 1.165) is 16.6 Å². The molecular weight excluding hydrogens is 218 g/mol. The van der Waals surface area contributed by atoms with E-state index < -0.39 is 0 Å². The predicted molar refractivity (Wildman–Crippen MR) is 65.0 cm³/mol. The average molecular weight is 233 g/mol. The number of H-pyrrole nitrogens is 1. The highest BCUT2D eigenvalue weighted by atomic mass is 16.5. The van der Waals surface area contributed by atoms with Crippen LogP contribution in [0.2, 0.25) is 0 Å². The van der Waals surface area contributed by atoms with Crippen molar-refractivity contribution >= 4 is 16.8 Å². The summed E-state index contributed by atoms with van der Waals surface area (Å²) < 4.78 is 4.88. The van der Waals surface area contributed by atoms with E-state index in [1.54, 1.807) is 13.2 Å². The van der Waals surface area contributed by atoms with Crippen molar-refractivity contribution in [3.63, 3.8) is 0 Å². The minimum Gasteiger partial charge on any atom is -0.383 e. The lowest BCUT2D eigenvalue weighted by atomic mass is 10.1. The summed E-state index contributed by atoms with van der Waals surface area (Å²) in [7, 11) is 1.60. The Hall–Kier alpha value is -1.88. The lowest BCUT2D eigenvalue weighted by Crippen LogP contribution is -2.26. The molecule has 17 heavy (non-hydrogen) atoms. The molecule has 1 aromatic carbocycles. The summed E-state index contributed by atoms with van der Waals surface area (Å²) in [6.07, 6.45) is 0. The highest BCUT2D eigenvalue weighted by molar-refractivity contribution is 5.98. The van der Waals surface area contributed by atoms with Gasteiger partial charge in [0.15, 0.2) is 0 Å². The number of amides is 1. The molecule has 0 fully saturated rings. The monoisotopic (exact) mass is 233 g/mol. The number of carbonyl (C=O) groups excluding carboxylic acids is 1. The number of aryl methyl sites for hydroxylation is 1. The number of benzene rings is 1. The molecule has 2 aromatic rings. The number of rotatable bonds is 4. The standard InChI is InChI=1S/C12H15N3O2/c1-8-10-7-9(3-4-11(10)15-14-8)12(16)13-5-6-17-2/h3-4,7H,5-6H2,1-2H3,(H,13,16)(H,14,15). The molecule has 0 aliphatic carbocycles. The van der Waals surface area contributed by atoms with Gasteiger partial charge in [0.1, 0.15) is 0 Å². The number of nitrogens with zero attached hydrogens (tertiary/aromatic N) is 1. The third-order valence-corrected chi connectivity index (χ3v) is 2.61. The Balaban J connectivity index is 2.17. The van der Waals surface area contributed by atoms with Crippen LogP contribution >= 0.6 is 0 Å². The van der Waals surface area contributed by atoms with Crippen LogP contribution in [0.1, 0.15) is 16.1 Å². The predicted octanol–water partition coefficient (Wildman–Crippen LogP) is 1.25. The van der Waals surface area contributed by atoms with Crippen LogP contribution in [-0.4, -0.2) is 36.4 Å². The number of ether oxygens (including phenoxy) is 1. The zero-order valence-electron chi connectivity index (χ0n) is 9.91. The molecule has 0 radical (unpaired) electrons. The third-order valence-electron chi connectivity index (χ3n) is 2.61. The molecule has 0 atom stereocenters. The number of aromatic amines is 1. The van der Waals surface area contributed by atoms with E-state index in [4.69, 9.17) is 4.74 Å². The van der Waals surface area contributed by atoms with Crippen LogP contribution in [0.15, 0.2) is 18.2 Å². The molecule has 0 saturated carbocycles. The van der Waals surface area contributed by atoms with Gasteiger partial charge in [-0.15, -0.1) is 0 Å². The van der Waals surface area contributed by atoms with Gasteiger partial charge < -0.3 is 10.1 Å². The lowest BCUT2D eigenvalue weighted by Gasteiger charge is -2.04. The van der Waals surface area contributed by atoms with Crippen LogP contribution < -0.4 is 5.32 Å². The molecule has 5 heteroatoms. The Kier molecular flexibility index (Phi) is 3.39. The van der Waals surface area contributed by atoms with Crippen LogP contribution in [0, 0.1) is 6.92 Å². The first kappa shape index (κ1) is 11.6. The minimum absolute atomic E-state index is 0.0930. The van der Waals surface area contributed by atoms with Gasteiger partial charge in [0, 0.05) is 24.6 Å².